The number of nitrogens with zero attached hydrogens (tertiary/aromatic N) is 1. The summed E-state index contributed by atoms with van der Waals surface area (Å²) in [6.45, 7) is 1.74. The Bertz CT molecular complexity index is 654. The van der Waals surface area contributed by atoms with Crippen LogP contribution < -0.4 is 4.74 Å². The van der Waals surface area contributed by atoms with Crippen LogP contribution in [0.15, 0.2) is 48.5 Å². The van der Waals surface area contributed by atoms with Gasteiger partial charge in [0.15, 0.2) is 0 Å². The maximum absolute atomic E-state index is 12.8. The maximum Gasteiger partial charge on any atom is 0.226 e. The number of carbonyl (C=O) groups excluding carboxylic acids is 1. The molecule has 1 heterocycles. The van der Waals surface area contributed by atoms with Crippen LogP contribution in [0.25, 0.3) is 0 Å². The van der Waals surface area contributed by atoms with Crippen molar-refractivity contribution in [1.29, 1.82) is 0 Å². The Labute approximate surface area is 129 Å². The summed E-state index contributed by atoms with van der Waals surface area (Å²) >= 11 is 0. The van der Waals surface area contributed by atoms with E-state index in [0.717, 1.165) is 13.0 Å². The summed E-state index contributed by atoms with van der Waals surface area (Å²) in [5.41, 5.74) is 2.55. The van der Waals surface area contributed by atoms with Gasteiger partial charge in [-0.3, -0.25) is 4.79 Å². The lowest BCUT2D eigenvalue weighted by Crippen LogP contribution is -2.36. The van der Waals surface area contributed by atoms with Crippen LogP contribution in [0.3, 0.4) is 0 Å². The van der Waals surface area contributed by atoms with E-state index in [2.05, 4.69) is 12.1 Å². The van der Waals surface area contributed by atoms with E-state index in [0.29, 0.717) is 25.3 Å². The third-order valence-corrected chi connectivity index (χ3v) is 3.88. The van der Waals surface area contributed by atoms with Crippen LogP contribution in [-0.2, 0) is 17.8 Å². The quantitative estimate of drug-likeness (QED) is 0.868. The first kappa shape index (κ1) is 14.6. The Morgan fingerprint density at radius 3 is 2.59 bits per heavy atom. The molecule has 0 saturated carbocycles. The average Bonchev–Trinajstić information content (AvgIpc) is 2.56. The molecular formula is C18H18FNO2. The minimum atomic E-state index is -0.296. The van der Waals surface area contributed by atoms with Gasteiger partial charge < -0.3 is 9.64 Å². The molecule has 0 fully saturated rings. The lowest BCUT2D eigenvalue weighted by Gasteiger charge is -2.28. The molecule has 1 aliphatic rings. The Morgan fingerprint density at radius 2 is 1.82 bits per heavy atom. The topological polar surface area (TPSA) is 29.5 Å². The largest absolute Gasteiger partial charge is 0.493 e. The number of benzene rings is 2. The summed E-state index contributed by atoms with van der Waals surface area (Å²) in [5.74, 6) is 0.380. The van der Waals surface area contributed by atoms with E-state index in [1.165, 1.54) is 23.3 Å². The highest BCUT2D eigenvalue weighted by molar-refractivity contribution is 5.76. The van der Waals surface area contributed by atoms with Gasteiger partial charge in [0.25, 0.3) is 0 Å². The highest BCUT2D eigenvalue weighted by atomic mass is 19.1. The zero-order valence-corrected chi connectivity index (χ0v) is 12.3. The lowest BCUT2D eigenvalue weighted by atomic mass is 10.00. The molecule has 114 valence electrons. The van der Waals surface area contributed by atoms with E-state index in [1.807, 2.05) is 17.0 Å². The van der Waals surface area contributed by atoms with Crippen molar-refractivity contribution in [3.63, 3.8) is 0 Å². The summed E-state index contributed by atoms with van der Waals surface area (Å²) < 4.78 is 18.3. The molecular weight excluding hydrogens is 281 g/mol. The summed E-state index contributed by atoms with van der Waals surface area (Å²) in [7, 11) is 0. The Hall–Kier alpha value is -2.36. The maximum atomic E-state index is 12.8. The molecule has 3 rings (SSSR count). The number of fused-ring (bicyclic) bond motifs is 1. The fourth-order valence-corrected chi connectivity index (χ4v) is 2.65. The predicted octanol–water partition coefficient (Wildman–Crippen LogP) is 3.18. The zero-order valence-electron chi connectivity index (χ0n) is 12.3. The van der Waals surface area contributed by atoms with Crippen LogP contribution >= 0.6 is 0 Å². The number of hydrogen-bond donors (Lipinski definition) is 0. The summed E-state index contributed by atoms with van der Waals surface area (Å²) in [5, 5.41) is 0. The molecule has 0 saturated heterocycles. The summed E-state index contributed by atoms with van der Waals surface area (Å²) in [6, 6.07) is 14.1. The zero-order chi connectivity index (χ0) is 15.4. The van der Waals surface area contributed by atoms with Gasteiger partial charge in [-0.15, -0.1) is 0 Å². The highest BCUT2D eigenvalue weighted by Gasteiger charge is 2.19. The number of carbonyl (C=O) groups is 1. The van der Waals surface area contributed by atoms with Crippen molar-refractivity contribution < 1.29 is 13.9 Å². The smallest absolute Gasteiger partial charge is 0.226 e. The first-order chi connectivity index (χ1) is 10.7. The van der Waals surface area contributed by atoms with Crippen molar-refractivity contribution in [3.05, 3.63) is 65.5 Å². The van der Waals surface area contributed by atoms with Gasteiger partial charge in [-0.2, -0.15) is 0 Å². The van der Waals surface area contributed by atoms with Gasteiger partial charge in [-0.1, -0.05) is 24.3 Å². The van der Waals surface area contributed by atoms with E-state index in [1.54, 1.807) is 12.1 Å². The molecule has 0 spiro atoms. The van der Waals surface area contributed by atoms with Gasteiger partial charge in [-0.25, -0.2) is 4.39 Å². The van der Waals surface area contributed by atoms with Crippen molar-refractivity contribution in [1.82, 2.24) is 4.90 Å². The molecule has 2 aromatic rings. The molecule has 1 amide bonds. The van der Waals surface area contributed by atoms with E-state index >= 15 is 0 Å². The number of rotatable bonds is 4. The van der Waals surface area contributed by atoms with E-state index in [-0.39, 0.29) is 11.7 Å². The van der Waals surface area contributed by atoms with Crippen LogP contribution in [0.2, 0.25) is 0 Å². The first-order valence-corrected chi connectivity index (χ1v) is 7.45. The normalized spacial score (nSPS) is 13.6. The molecule has 0 atom stereocenters. The molecule has 22 heavy (non-hydrogen) atoms. The van der Waals surface area contributed by atoms with E-state index in [4.69, 9.17) is 4.74 Å². The Balaban J connectivity index is 1.50. The summed E-state index contributed by atoms with van der Waals surface area (Å²) in [4.78, 5) is 14.1. The van der Waals surface area contributed by atoms with Gasteiger partial charge in [0.2, 0.25) is 5.91 Å². The predicted molar refractivity (Wildman–Crippen MR) is 82.1 cm³/mol. The lowest BCUT2D eigenvalue weighted by molar-refractivity contribution is -0.132. The van der Waals surface area contributed by atoms with E-state index in [9.17, 15) is 9.18 Å². The number of halogens is 1. The van der Waals surface area contributed by atoms with Crippen LogP contribution in [0.1, 0.15) is 17.5 Å². The van der Waals surface area contributed by atoms with Gasteiger partial charge in [0, 0.05) is 13.1 Å². The average molecular weight is 299 g/mol. The number of hydrogen-bond acceptors (Lipinski definition) is 2. The second kappa shape index (κ2) is 6.60. The van der Waals surface area contributed by atoms with Crippen molar-refractivity contribution in [3.8, 4) is 5.75 Å². The Morgan fingerprint density at radius 1 is 1.09 bits per heavy atom. The van der Waals surface area contributed by atoms with Crippen LogP contribution in [0, 0.1) is 5.82 Å². The van der Waals surface area contributed by atoms with E-state index < -0.39 is 0 Å². The second-order valence-corrected chi connectivity index (χ2v) is 5.39. The molecule has 2 aromatic carbocycles. The molecule has 0 radical (unpaired) electrons. The minimum absolute atomic E-state index is 0.0941. The summed E-state index contributed by atoms with van der Waals surface area (Å²) in [6.07, 6.45) is 1.24. The monoisotopic (exact) mass is 299 g/mol. The van der Waals surface area contributed by atoms with Crippen molar-refractivity contribution in [2.45, 2.75) is 19.4 Å². The van der Waals surface area contributed by atoms with Crippen LogP contribution in [0.5, 0.6) is 5.75 Å². The molecule has 0 bridgehead atoms. The third-order valence-electron chi connectivity index (χ3n) is 3.88. The standard InChI is InChI=1S/C18H18FNO2/c19-16-5-7-17(8-6-16)22-12-10-18(21)20-11-9-14-3-1-2-4-15(14)13-20/h1-8H,9-13H2. The molecule has 0 aromatic heterocycles. The highest BCUT2D eigenvalue weighted by Crippen LogP contribution is 2.19. The third kappa shape index (κ3) is 3.45. The van der Waals surface area contributed by atoms with Crippen molar-refractivity contribution in [2.24, 2.45) is 0 Å². The van der Waals surface area contributed by atoms with Crippen LogP contribution in [0.4, 0.5) is 4.39 Å². The van der Waals surface area contributed by atoms with Gasteiger partial charge in [0.05, 0.1) is 13.0 Å². The van der Waals surface area contributed by atoms with Crippen molar-refractivity contribution in [2.75, 3.05) is 13.2 Å². The van der Waals surface area contributed by atoms with Gasteiger partial charge in [-0.05, 0) is 41.8 Å². The Kier molecular flexibility index (Phi) is 4.37. The second-order valence-electron chi connectivity index (χ2n) is 5.39. The molecule has 1 aliphatic heterocycles. The molecule has 3 nitrogen and oxygen atoms in total. The molecule has 4 heteroatoms. The molecule has 0 aliphatic carbocycles. The minimum Gasteiger partial charge on any atom is -0.493 e. The van der Waals surface area contributed by atoms with Crippen LogP contribution in [-0.4, -0.2) is 24.0 Å². The fraction of sp³-hybridized carbons (Fsp3) is 0.278. The fourth-order valence-electron chi connectivity index (χ4n) is 2.65. The molecule has 0 unspecified atom stereocenters. The number of ether oxygens (including phenoxy) is 1. The SMILES string of the molecule is O=C(CCOc1ccc(F)cc1)N1CCc2ccccc2C1. The van der Waals surface area contributed by atoms with Gasteiger partial charge >= 0.3 is 0 Å². The van der Waals surface area contributed by atoms with Gasteiger partial charge in [0.1, 0.15) is 11.6 Å². The van der Waals surface area contributed by atoms with Crippen molar-refractivity contribution >= 4 is 5.91 Å². The number of amides is 1. The molecule has 0 N–H and O–H groups in total. The first-order valence-electron chi connectivity index (χ1n) is 7.45.